The van der Waals surface area contributed by atoms with E-state index in [1.165, 1.54) is 20.8 Å². The van der Waals surface area contributed by atoms with Crippen LogP contribution in [-0.4, -0.2) is 34.6 Å². The number of likely N-dealkylation sites (tertiary alicyclic amines) is 1. The lowest BCUT2D eigenvalue weighted by Gasteiger charge is -2.39. The molecule has 0 bridgehead atoms. The van der Waals surface area contributed by atoms with Crippen LogP contribution < -0.4 is 5.73 Å². The standard InChI is InChI=1S/C13H19N3O2/c1-13(2,3)18-12(17)16-7-10(8-16)9-4-5-11(14)15-6-9/h4-6,10H,7-8H2,1-3H3,(H2,14,15)/i4D,5D,6D,7D2,8D2,10D. The fourth-order valence-corrected chi connectivity index (χ4v) is 1.15. The number of hydrogen-bond donors (Lipinski definition) is 1. The van der Waals surface area contributed by atoms with E-state index in [4.69, 9.17) is 21.4 Å². The minimum atomic E-state index is -2.96. The van der Waals surface area contributed by atoms with E-state index in [-0.39, 0.29) is 4.90 Å². The third-order valence-electron chi connectivity index (χ3n) is 1.88. The zero-order chi connectivity index (χ0) is 20.5. The van der Waals surface area contributed by atoms with Crippen LogP contribution in [0, 0.1) is 0 Å². The Labute approximate surface area is 118 Å². The van der Waals surface area contributed by atoms with Crippen LogP contribution in [-0.2, 0) is 4.74 Å². The molecule has 1 amide bonds. The molecular formula is C13H19N3O2. The molecule has 1 aromatic heterocycles. The Balaban J connectivity index is 2.62. The smallest absolute Gasteiger partial charge is 0.410 e. The van der Waals surface area contributed by atoms with Gasteiger partial charge in [0.05, 0.1) is 9.60 Å². The fraction of sp³-hybridized carbons (Fsp3) is 0.538. The molecule has 1 aliphatic rings. The Morgan fingerprint density at radius 3 is 2.94 bits per heavy atom. The minimum absolute atomic E-state index is 0.122. The number of nitrogens with two attached hydrogens (primary N) is 1. The SMILES string of the molecule is [2H]c1nc(N)c([2H])c([2H])c1C1([2H])C([2H])([2H])N(C(=O)OC(C)(C)C)C1([2H])[2H]. The number of carbonyl (C=O) groups excluding carboxylic acids is 1. The molecule has 5 nitrogen and oxygen atoms in total. The molecule has 0 atom stereocenters. The van der Waals surface area contributed by atoms with E-state index < -0.39 is 60.2 Å². The molecule has 2 rings (SSSR count). The van der Waals surface area contributed by atoms with E-state index in [2.05, 4.69) is 4.98 Å². The van der Waals surface area contributed by atoms with Crippen LogP contribution in [0.1, 0.15) is 43.2 Å². The summed E-state index contributed by atoms with van der Waals surface area (Å²) in [6, 6.07) is -1.43. The van der Waals surface area contributed by atoms with Crippen molar-refractivity contribution in [3.05, 3.63) is 23.8 Å². The van der Waals surface area contributed by atoms with Crippen LogP contribution in [0.5, 0.6) is 0 Å². The van der Waals surface area contributed by atoms with Crippen LogP contribution in [0.3, 0.4) is 0 Å². The van der Waals surface area contributed by atoms with Gasteiger partial charge in [-0.2, -0.15) is 0 Å². The van der Waals surface area contributed by atoms with Gasteiger partial charge in [0.25, 0.3) is 0 Å². The van der Waals surface area contributed by atoms with Gasteiger partial charge in [-0.05, 0) is 32.4 Å². The predicted molar refractivity (Wildman–Crippen MR) is 69.2 cm³/mol. The first-order valence-corrected chi connectivity index (χ1v) is 5.27. The summed E-state index contributed by atoms with van der Waals surface area (Å²) >= 11 is 0. The Morgan fingerprint density at radius 1 is 1.67 bits per heavy atom. The number of anilines is 1. The van der Waals surface area contributed by atoms with Gasteiger partial charge in [0.1, 0.15) is 11.4 Å². The number of rotatable bonds is 1. The van der Waals surface area contributed by atoms with Gasteiger partial charge in [0.2, 0.25) is 0 Å². The van der Waals surface area contributed by atoms with Crippen LogP contribution in [0.4, 0.5) is 10.6 Å². The van der Waals surface area contributed by atoms with E-state index in [9.17, 15) is 4.79 Å². The maximum absolute atomic E-state index is 12.3. The number of carbonyl (C=O) groups is 1. The lowest BCUT2D eigenvalue weighted by molar-refractivity contribution is 0.00817. The molecule has 0 radical (unpaired) electrons. The molecule has 5 heteroatoms. The number of hydrogen-bond acceptors (Lipinski definition) is 4. The van der Waals surface area contributed by atoms with E-state index in [1.807, 2.05) is 0 Å². The van der Waals surface area contributed by atoms with Gasteiger partial charge >= 0.3 is 6.09 Å². The van der Waals surface area contributed by atoms with Crippen molar-refractivity contribution in [1.29, 1.82) is 0 Å². The third kappa shape index (κ3) is 2.91. The second kappa shape index (κ2) is 4.48. The van der Waals surface area contributed by atoms with Crippen LogP contribution >= 0.6 is 0 Å². The zero-order valence-electron chi connectivity index (χ0n) is 18.3. The van der Waals surface area contributed by atoms with Crippen molar-refractivity contribution >= 4 is 11.9 Å². The summed E-state index contributed by atoms with van der Waals surface area (Å²) in [5.41, 5.74) is 3.62. The number of aromatic nitrogens is 1. The van der Waals surface area contributed by atoms with E-state index in [1.54, 1.807) is 0 Å². The first kappa shape index (κ1) is 5.91. The van der Waals surface area contributed by atoms with Gasteiger partial charge in [0, 0.05) is 26.4 Å². The summed E-state index contributed by atoms with van der Waals surface area (Å²) in [7, 11) is 0. The summed E-state index contributed by atoms with van der Waals surface area (Å²) in [6.45, 7) is -1.37. The number of ether oxygens (including phenoxy) is 1. The molecule has 0 unspecified atom stereocenters. The van der Waals surface area contributed by atoms with Crippen molar-refractivity contribution in [3.63, 3.8) is 0 Å². The van der Waals surface area contributed by atoms with Gasteiger partial charge < -0.3 is 15.4 Å². The molecule has 1 fully saturated rings. The van der Waals surface area contributed by atoms with Crippen LogP contribution in [0.2, 0.25) is 0 Å². The molecule has 0 aromatic carbocycles. The Morgan fingerprint density at radius 2 is 2.33 bits per heavy atom. The van der Waals surface area contributed by atoms with Crippen molar-refractivity contribution in [2.45, 2.75) is 32.3 Å². The maximum atomic E-state index is 12.3. The van der Waals surface area contributed by atoms with E-state index >= 15 is 0 Å². The second-order valence-corrected chi connectivity index (χ2v) is 4.65. The van der Waals surface area contributed by atoms with Crippen LogP contribution in [0.15, 0.2) is 18.3 Å². The normalized spacial score (nSPS) is 30.1. The first-order chi connectivity index (χ1) is 11.5. The lowest BCUT2D eigenvalue weighted by Crippen LogP contribution is -2.50. The highest BCUT2D eigenvalue weighted by Crippen LogP contribution is 2.28. The molecule has 2 N–H and O–H groups in total. The second-order valence-electron chi connectivity index (χ2n) is 4.65. The number of nitrogen functional groups attached to an aromatic ring is 1. The summed E-state index contributed by atoms with van der Waals surface area (Å²) < 4.78 is 69.3. The topological polar surface area (TPSA) is 68.5 Å². The molecular weight excluding hydrogens is 230 g/mol. The van der Waals surface area contributed by atoms with Gasteiger partial charge in [-0.25, -0.2) is 9.78 Å². The number of amides is 1. The molecule has 0 saturated carbocycles. The maximum Gasteiger partial charge on any atom is 0.410 e. The molecule has 2 heterocycles. The highest BCUT2D eigenvalue weighted by molar-refractivity contribution is 5.69. The summed E-state index contributed by atoms with van der Waals surface area (Å²) in [5.74, 6) is -3.33. The molecule has 1 saturated heterocycles. The predicted octanol–water partition coefficient (Wildman–Crippen LogP) is 2.00. The highest BCUT2D eigenvalue weighted by Gasteiger charge is 2.34. The van der Waals surface area contributed by atoms with Crippen molar-refractivity contribution in [2.75, 3.05) is 18.7 Å². The van der Waals surface area contributed by atoms with Gasteiger partial charge in [-0.15, -0.1) is 0 Å². The zero-order valence-corrected chi connectivity index (χ0v) is 10.3. The highest BCUT2D eigenvalue weighted by atomic mass is 16.6. The Kier molecular flexibility index (Phi) is 1.47. The lowest BCUT2D eigenvalue weighted by atomic mass is 9.93. The molecule has 1 aliphatic heterocycles. The van der Waals surface area contributed by atoms with Gasteiger partial charge in [-0.1, -0.05) is 6.04 Å². The summed E-state index contributed by atoms with van der Waals surface area (Å²) in [4.78, 5) is 15.9. The number of pyridine rings is 1. The van der Waals surface area contributed by atoms with Gasteiger partial charge in [-0.3, -0.25) is 0 Å². The molecule has 1 aromatic rings. The Hall–Kier alpha value is -1.78. The molecule has 18 heavy (non-hydrogen) atoms. The molecule has 98 valence electrons. The monoisotopic (exact) mass is 257 g/mol. The fourth-order valence-electron chi connectivity index (χ4n) is 1.15. The average molecular weight is 257 g/mol. The quantitative estimate of drug-likeness (QED) is 0.835. The first-order valence-electron chi connectivity index (χ1n) is 9.27. The largest absolute Gasteiger partial charge is 0.444 e. The third-order valence-corrected chi connectivity index (χ3v) is 1.88. The van der Waals surface area contributed by atoms with Crippen molar-refractivity contribution in [2.24, 2.45) is 0 Å². The minimum Gasteiger partial charge on any atom is -0.444 e. The van der Waals surface area contributed by atoms with Crippen LogP contribution in [0.25, 0.3) is 0 Å². The number of nitrogens with zero attached hydrogens (tertiary/aromatic N) is 2. The van der Waals surface area contributed by atoms with Crippen molar-refractivity contribution in [3.8, 4) is 0 Å². The van der Waals surface area contributed by atoms with Crippen molar-refractivity contribution in [1.82, 2.24) is 9.88 Å². The Bertz CT molecular complexity index is 762. The molecule has 0 spiro atoms. The van der Waals surface area contributed by atoms with Gasteiger partial charge in [0.15, 0.2) is 0 Å². The average Bonchev–Trinajstić information content (AvgIpc) is 2.41. The van der Waals surface area contributed by atoms with E-state index in [0.29, 0.717) is 0 Å². The summed E-state index contributed by atoms with van der Waals surface area (Å²) in [6.07, 6.45) is -2.11. The summed E-state index contributed by atoms with van der Waals surface area (Å²) in [5, 5.41) is 0. The van der Waals surface area contributed by atoms with Crippen molar-refractivity contribution < 1.29 is 20.5 Å². The van der Waals surface area contributed by atoms with E-state index in [0.717, 1.165) is 0 Å². The molecule has 0 aliphatic carbocycles.